The minimum Gasteiger partial charge on any atom is -0.497 e. The van der Waals surface area contributed by atoms with Crippen LogP contribution in [0.3, 0.4) is 0 Å². The summed E-state index contributed by atoms with van der Waals surface area (Å²) in [6.45, 7) is 8.64. The quantitative estimate of drug-likeness (QED) is 0.742. The van der Waals surface area contributed by atoms with Gasteiger partial charge < -0.3 is 9.47 Å². The Labute approximate surface area is 92.2 Å². The van der Waals surface area contributed by atoms with Crippen LogP contribution in [0.5, 0.6) is 11.5 Å². The van der Waals surface area contributed by atoms with Crippen LogP contribution >= 0.6 is 0 Å². The second kappa shape index (κ2) is 4.13. The van der Waals surface area contributed by atoms with Gasteiger partial charge in [-0.25, -0.2) is 0 Å². The molecule has 0 aliphatic rings. The fourth-order valence-corrected chi connectivity index (χ4v) is 1.96. The van der Waals surface area contributed by atoms with Crippen molar-refractivity contribution in [1.29, 1.82) is 0 Å². The molecule has 0 saturated carbocycles. The molecule has 0 amide bonds. The summed E-state index contributed by atoms with van der Waals surface area (Å²) in [6, 6.07) is 3.98. The first-order chi connectivity index (χ1) is 6.90. The summed E-state index contributed by atoms with van der Waals surface area (Å²) in [5.74, 6) is 1.75. The monoisotopic (exact) mass is 208 g/mol. The van der Waals surface area contributed by atoms with Gasteiger partial charge in [-0.15, -0.1) is 0 Å². The van der Waals surface area contributed by atoms with Crippen LogP contribution in [0.15, 0.2) is 12.1 Å². The normalized spacial score (nSPS) is 11.3. The highest BCUT2D eigenvalue weighted by Crippen LogP contribution is 2.36. The van der Waals surface area contributed by atoms with Crippen LogP contribution in [0.1, 0.15) is 31.9 Å². The molecule has 2 nitrogen and oxygen atoms in total. The molecule has 84 valence electrons. The Balaban J connectivity index is 3.38. The van der Waals surface area contributed by atoms with Gasteiger partial charge >= 0.3 is 0 Å². The molecule has 0 aromatic heterocycles. The average molecular weight is 208 g/mol. The number of hydrogen-bond acceptors (Lipinski definition) is 2. The number of aryl methyl sites for hydroxylation is 1. The van der Waals surface area contributed by atoms with Crippen molar-refractivity contribution in [3.63, 3.8) is 0 Å². The summed E-state index contributed by atoms with van der Waals surface area (Å²) in [5.41, 5.74) is 2.53. The molecule has 1 aromatic rings. The van der Waals surface area contributed by atoms with E-state index in [1.807, 2.05) is 12.1 Å². The Hall–Kier alpha value is -1.18. The smallest absolute Gasteiger partial charge is 0.126 e. The third kappa shape index (κ3) is 2.44. The minimum atomic E-state index is 0.0850. The number of benzene rings is 1. The Bertz CT molecular complexity index is 348. The predicted molar refractivity (Wildman–Crippen MR) is 63.0 cm³/mol. The minimum absolute atomic E-state index is 0.0850. The Morgan fingerprint density at radius 2 is 1.60 bits per heavy atom. The van der Waals surface area contributed by atoms with Gasteiger partial charge in [-0.05, 0) is 24.0 Å². The van der Waals surface area contributed by atoms with Crippen LogP contribution in [0, 0.1) is 6.92 Å². The third-order valence-corrected chi connectivity index (χ3v) is 2.48. The highest BCUT2D eigenvalue weighted by molar-refractivity contribution is 5.49. The molecule has 0 N–H and O–H groups in total. The fourth-order valence-electron chi connectivity index (χ4n) is 1.96. The zero-order valence-electron chi connectivity index (χ0n) is 10.5. The topological polar surface area (TPSA) is 18.5 Å². The van der Waals surface area contributed by atoms with Crippen LogP contribution in [-0.2, 0) is 5.41 Å². The zero-order chi connectivity index (χ0) is 11.6. The molecule has 1 rings (SSSR count). The van der Waals surface area contributed by atoms with Gasteiger partial charge in [0.1, 0.15) is 11.5 Å². The Morgan fingerprint density at radius 1 is 1.00 bits per heavy atom. The van der Waals surface area contributed by atoms with Crippen molar-refractivity contribution < 1.29 is 9.47 Å². The van der Waals surface area contributed by atoms with E-state index < -0.39 is 0 Å². The summed E-state index contributed by atoms with van der Waals surface area (Å²) < 4.78 is 10.6. The second-order valence-electron chi connectivity index (χ2n) is 4.77. The van der Waals surface area contributed by atoms with Crippen LogP contribution in [0.2, 0.25) is 0 Å². The molecule has 1 aromatic carbocycles. The molecule has 0 bridgehead atoms. The number of ether oxygens (including phenoxy) is 2. The van der Waals surface area contributed by atoms with Crippen molar-refractivity contribution in [3.8, 4) is 11.5 Å². The largest absolute Gasteiger partial charge is 0.497 e. The van der Waals surface area contributed by atoms with Gasteiger partial charge in [0.05, 0.1) is 14.2 Å². The van der Waals surface area contributed by atoms with Gasteiger partial charge in [0, 0.05) is 11.6 Å². The molecule has 2 heteroatoms. The molecular weight excluding hydrogens is 188 g/mol. The van der Waals surface area contributed by atoms with E-state index in [0.717, 1.165) is 11.5 Å². The third-order valence-electron chi connectivity index (χ3n) is 2.48. The molecule has 15 heavy (non-hydrogen) atoms. The van der Waals surface area contributed by atoms with Gasteiger partial charge in [-0.2, -0.15) is 0 Å². The van der Waals surface area contributed by atoms with Crippen molar-refractivity contribution >= 4 is 0 Å². The zero-order valence-corrected chi connectivity index (χ0v) is 10.5. The highest BCUT2D eigenvalue weighted by atomic mass is 16.5. The van der Waals surface area contributed by atoms with E-state index in [0.29, 0.717) is 0 Å². The summed E-state index contributed by atoms with van der Waals surface area (Å²) in [6.07, 6.45) is 0. The first-order valence-electron chi connectivity index (χ1n) is 5.13. The summed E-state index contributed by atoms with van der Waals surface area (Å²) >= 11 is 0. The molecule has 0 unspecified atom stereocenters. The molecule has 0 spiro atoms. The maximum atomic E-state index is 5.42. The second-order valence-corrected chi connectivity index (χ2v) is 4.77. The van der Waals surface area contributed by atoms with E-state index in [2.05, 4.69) is 27.7 Å². The molecule has 0 radical (unpaired) electrons. The standard InChI is InChI=1S/C13H20O2/c1-9-7-10(14-5)8-11(15-6)12(9)13(2,3)4/h7-8H,1-6H3. The SMILES string of the molecule is COc1cc(C)c(C(C)(C)C)c(OC)c1. The Morgan fingerprint density at radius 3 is 2.00 bits per heavy atom. The van der Waals surface area contributed by atoms with Gasteiger partial charge in [-0.3, -0.25) is 0 Å². The van der Waals surface area contributed by atoms with Crippen LogP contribution in [0.25, 0.3) is 0 Å². The lowest BCUT2D eigenvalue weighted by Gasteiger charge is -2.25. The van der Waals surface area contributed by atoms with Crippen molar-refractivity contribution in [2.24, 2.45) is 0 Å². The first-order valence-corrected chi connectivity index (χ1v) is 5.13. The van der Waals surface area contributed by atoms with Crippen LogP contribution in [-0.4, -0.2) is 14.2 Å². The van der Waals surface area contributed by atoms with Crippen molar-refractivity contribution in [3.05, 3.63) is 23.3 Å². The van der Waals surface area contributed by atoms with E-state index in [4.69, 9.17) is 9.47 Å². The van der Waals surface area contributed by atoms with Crippen LogP contribution in [0.4, 0.5) is 0 Å². The maximum absolute atomic E-state index is 5.42. The van der Waals surface area contributed by atoms with Crippen molar-refractivity contribution in [1.82, 2.24) is 0 Å². The van der Waals surface area contributed by atoms with E-state index in [-0.39, 0.29) is 5.41 Å². The summed E-state index contributed by atoms with van der Waals surface area (Å²) in [7, 11) is 3.37. The van der Waals surface area contributed by atoms with Gasteiger partial charge in [-0.1, -0.05) is 20.8 Å². The van der Waals surface area contributed by atoms with E-state index in [1.54, 1.807) is 14.2 Å². The molecular formula is C13H20O2. The molecule has 0 aliphatic heterocycles. The first kappa shape index (κ1) is 11.9. The molecule has 0 atom stereocenters. The number of hydrogen-bond donors (Lipinski definition) is 0. The van der Waals surface area contributed by atoms with E-state index in [9.17, 15) is 0 Å². The Kier molecular flexibility index (Phi) is 3.28. The number of rotatable bonds is 2. The molecule has 0 saturated heterocycles. The summed E-state index contributed by atoms with van der Waals surface area (Å²) in [4.78, 5) is 0. The lowest BCUT2D eigenvalue weighted by atomic mass is 9.83. The van der Waals surface area contributed by atoms with Gasteiger partial charge in [0.15, 0.2) is 0 Å². The molecule has 0 aliphatic carbocycles. The van der Waals surface area contributed by atoms with E-state index in [1.165, 1.54) is 11.1 Å². The van der Waals surface area contributed by atoms with Gasteiger partial charge in [0.2, 0.25) is 0 Å². The number of methoxy groups -OCH3 is 2. The average Bonchev–Trinajstić information content (AvgIpc) is 2.14. The van der Waals surface area contributed by atoms with E-state index >= 15 is 0 Å². The highest BCUT2D eigenvalue weighted by Gasteiger charge is 2.21. The molecule has 0 fully saturated rings. The van der Waals surface area contributed by atoms with Crippen molar-refractivity contribution in [2.45, 2.75) is 33.1 Å². The maximum Gasteiger partial charge on any atom is 0.126 e. The van der Waals surface area contributed by atoms with Crippen LogP contribution < -0.4 is 9.47 Å². The fraction of sp³-hybridized carbons (Fsp3) is 0.538. The summed E-state index contributed by atoms with van der Waals surface area (Å²) in [5, 5.41) is 0. The van der Waals surface area contributed by atoms with Crippen molar-refractivity contribution in [2.75, 3.05) is 14.2 Å². The lowest BCUT2D eigenvalue weighted by Crippen LogP contribution is -2.15. The predicted octanol–water partition coefficient (Wildman–Crippen LogP) is 3.31. The van der Waals surface area contributed by atoms with Gasteiger partial charge in [0.25, 0.3) is 0 Å². The molecule has 0 heterocycles. The lowest BCUT2D eigenvalue weighted by molar-refractivity contribution is 0.382.